The van der Waals surface area contributed by atoms with Crippen LogP contribution in [-0.2, 0) is 9.59 Å². The molecule has 23 heavy (non-hydrogen) atoms. The summed E-state index contributed by atoms with van der Waals surface area (Å²) in [6, 6.07) is 3.70. The number of methoxy groups -OCH3 is 1. The molecule has 1 aromatic rings. The first-order valence-corrected chi connectivity index (χ1v) is 8.99. The van der Waals surface area contributed by atoms with E-state index in [-0.39, 0.29) is 17.5 Å². The highest BCUT2D eigenvalue weighted by Crippen LogP contribution is 2.28. The van der Waals surface area contributed by atoms with E-state index in [1.807, 2.05) is 12.1 Å². The molecule has 1 atom stereocenters. The molecule has 0 radical (unpaired) electrons. The van der Waals surface area contributed by atoms with Crippen molar-refractivity contribution in [1.29, 1.82) is 0 Å². The Bertz CT molecular complexity index is 711. The van der Waals surface area contributed by atoms with Gasteiger partial charge in [-0.25, -0.2) is 0 Å². The number of rotatable bonds is 5. The molecular weight excluding hydrogens is 501 g/mol. The van der Waals surface area contributed by atoms with Gasteiger partial charge in [-0.05, 0) is 50.7 Å². The third-order valence-corrected chi connectivity index (χ3v) is 5.35. The van der Waals surface area contributed by atoms with E-state index in [1.165, 1.54) is 6.21 Å². The second kappa shape index (κ2) is 8.11. The Kier molecular flexibility index (Phi) is 6.41. The summed E-state index contributed by atoms with van der Waals surface area (Å²) in [6.07, 6.45) is 1.29. The summed E-state index contributed by atoms with van der Waals surface area (Å²) >= 11 is 6.62. The summed E-state index contributed by atoms with van der Waals surface area (Å²) < 4.78 is 6.93. The summed E-state index contributed by atoms with van der Waals surface area (Å²) in [5.74, 6) is -0.651. The Morgan fingerprint density at radius 1 is 1.61 bits per heavy atom. The number of amidine groups is 1. The number of carbonyl (C=O) groups excluding carboxylic acids is 1. The molecule has 1 aliphatic heterocycles. The number of carboxylic acids is 1. The van der Waals surface area contributed by atoms with Gasteiger partial charge in [0.25, 0.3) is 0 Å². The van der Waals surface area contributed by atoms with E-state index in [0.29, 0.717) is 0 Å². The Morgan fingerprint density at radius 2 is 2.35 bits per heavy atom. The van der Waals surface area contributed by atoms with Crippen molar-refractivity contribution in [2.45, 2.75) is 11.7 Å². The molecule has 1 aliphatic rings. The molecule has 7 nitrogen and oxygen atoms in total. The third kappa shape index (κ3) is 4.91. The minimum absolute atomic E-state index is 0.249. The van der Waals surface area contributed by atoms with Gasteiger partial charge in [0.05, 0.1) is 23.3 Å². The number of benzene rings is 1. The number of amides is 1. The lowest BCUT2D eigenvalue weighted by Crippen LogP contribution is -2.26. The fourth-order valence-electron chi connectivity index (χ4n) is 1.69. The largest absolute Gasteiger partial charge is 0.496 e. The van der Waals surface area contributed by atoms with Gasteiger partial charge < -0.3 is 15.2 Å². The molecule has 0 aliphatic carbocycles. The summed E-state index contributed by atoms with van der Waals surface area (Å²) in [5, 5.41) is 18.7. The van der Waals surface area contributed by atoms with Gasteiger partial charge in [0.2, 0.25) is 5.91 Å². The number of halogens is 2. The van der Waals surface area contributed by atoms with Crippen LogP contribution in [0.2, 0.25) is 0 Å². The molecule has 0 bridgehead atoms. The molecule has 1 saturated heterocycles. The average Bonchev–Trinajstić information content (AvgIpc) is 2.81. The monoisotopic (exact) mass is 511 g/mol. The fraction of sp³-hybridized carbons (Fsp3) is 0.231. The van der Waals surface area contributed by atoms with Gasteiger partial charge in [-0.2, -0.15) is 5.10 Å². The molecule has 0 spiro atoms. The van der Waals surface area contributed by atoms with Crippen LogP contribution in [0.25, 0.3) is 0 Å². The lowest BCUT2D eigenvalue weighted by Gasteiger charge is -2.05. The van der Waals surface area contributed by atoms with Crippen LogP contribution in [-0.4, -0.2) is 40.7 Å². The maximum atomic E-state index is 11.6. The quantitative estimate of drug-likeness (QED) is 0.359. The molecular formula is C13H11BrIN3O4S. The van der Waals surface area contributed by atoms with Crippen molar-refractivity contribution < 1.29 is 19.4 Å². The van der Waals surface area contributed by atoms with Crippen molar-refractivity contribution in [3.8, 4) is 5.75 Å². The van der Waals surface area contributed by atoms with Crippen LogP contribution in [0.15, 0.2) is 26.8 Å². The first kappa shape index (κ1) is 18.2. The van der Waals surface area contributed by atoms with Crippen molar-refractivity contribution >= 4 is 73.5 Å². The van der Waals surface area contributed by atoms with Crippen LogP contribution in [0.1, 0.15) is 12.0 Å². The molecule has 0 saturated carbocycles. The van der Waals surface area contributed by atoms with Crippen molar-refractivity contribution in [1.82, 2.24) is 5.32 Å². The zero-order valence-electron chi connectivity index (χ0n) is 11.7. The minimum atomic E-state index is -1.03. The van der Waals surface area contributed by atoms with Crippen LogP contribution in [0.4, 0.5) is 0 Å². The van der Waals surface area contributed by atoms with Crippen molar-refractivity contribution in [3.05, 3.63) is 25.7 Å². The fourth-order valence-corrected chi connectivity index (χ4v) is 3.74. The molecule has 1 aromatic carbocycles. The van der Waals surface area contributed by atoms with Gasteiger partial charge in [0.1, 0.15) is 11.0 Å². The predicted octanol–water partition coefficient (Wildman–Crippen LogP) is 2.46. The van der Waals surface area contributed by atoms with Crippen molar-refractivity contribution in [3.63, 3.8) is 0 Å². The lowest BCUT2D eigenvalue weighted by atomic mass is 10.2. The topological polar surface area (TPSA) is 100 Å². The van der Waals surface area contributed by atoms with Gasteiger partial charge in [-0.3, -0.25) is 9.59 Å². The molecule has 2 N–H and O–H groups in total. The Morgan fingerprint density at radius 3 is 3.00 bits per heavy atom. The summed E-state index contributed by atoms with van der Waals surface area (Å²) in [5.41, 5.74) is 0.802. The van der Waals surface area contributed by atoms with Crippen LogP contribution in [0.3, 0.4) is 0 Å². The number of nitrogens with one attached hydrogen (secondary N) is 1. The molecule has 122 valence electrons. The van der Waals surface area contributed by atoms with Crippen LogP contribution in [0, 0.1) is 3.57 Å². The van der Waals surface area contributed by atoms with E-state index >= 15 is 0 Å². The lowest BCUT2D eigenvalue weighted by molar-refractivity contribution is -0.138. The van der Waals surface area contributed by atoms with Gasteiger partial charge in [0.15, 0.2) is 5.17 Å². The molecule has 1 unspecified atom stereocenters. The highest BCUT2D eigenvalue weighted by Gasteiger charge is 2.32. The Labute approximate surface area is 158 Å². The first-order valence-electron chi connectivity index (χ1n) is 6.24. The van der Waals surface area contributed by atoms with Gasteiger partial charge >= 0.3 is 5.97 Å². The molecule has 1 heterocycles. The van der Waals surface area contributed by atoms with Gasteiger partial charge in [0, 0.05) is 10.0 Å². The smallest absolute Gasteiger partial charge is 0.305 e. The van der Waals surface area contributed by atoms with E-state index < -0.39 is 11.2 Å². The van der Waals surface area contributed by atoms with E-state index in [0.717, 1.165) is 31.1 Å². The number of hydrogen-bond acceptors (Lipinski definition) is 6. The highest BCUT2D eigenvalue weighted by molar-refractivity contribution is 14.1. The van der Waals surface area contributed by atoms with E-state index in [1.54, 1.807) is 7.11 Å². The summed E-state index contributed by atoms with van der Waals surface area (Å²) in [7, 11) is 1.59. The first-order chi connectivity index (χ1) is 10.9. The van der Waals surface area contributed by atoms with Crippen molar-refractivity contribution in [2.75, 3.05) is 7.11 Å². The average molecular weight is 512 g/mol. The highest BCUT2D eigenvalue weighted by atomic mass is 127. The number of hydrogen-bond donors (Lipinski definition) is 2. The van der Waals surface area contributed by atoms with E-state index in [2.05, 4.69) is 54.0 Å². The second-order valence-corrected chi connectivity index (χ2v) is 7.56. The van der Waals surface area contributed by atoms with Crippen LogP contribution >= 0.6 is 50.3 Å². The summed E-state index contributed by atoms with van der Waals surface area (Å²) in [4.78, 5) is 22.2. The molecule has 0 aromatic heterocycles. The maximum Gasteiger partial charge on any atom is 0.305 e. The number of carbonyl (C=O) groups is 2. The standard InChI is InChI=1S/C13H11BrIN3O4S/c1-22-9-3-7(14)6(2-8(9)15)5-16-18-13-17-12(21)10(23-13)4-11(19)20/h2-3,5,10H,4H2,1H3,(H,19,20)(H,17,18,21). The number of thioether (sulfide) groups is 1. The maximum absolute atomic E-state index is 11.6. The van der Waals surface area contributed by atoms with Gasteiger partial charge in [-0.1, -0.05) is 11.8 Å². The zero-order valence-corrected chi connectivity index (χ0v) is 16.3. The van der Waals surface area contributed by atoms with Crippen molar-refractivity contribution in [2.24, 2.45) is 10.2 Å². The van der Waals surface area contributed by atoms with Crippen LogP contribution in [0.5, 0.6) is 5.75 Å². The van der Waals surface area contributed by atoms with E-state index in [4.69, 9.17) is 9.84 Å². The Balaban J connectivity index is 2.08. The Hall–Kier alpha value is -1.14. The minimum Gasteiger partial charge on any atom is -0.496 e. The zero-order chi connectivity index (χ0) is 17.0. The number of aliphatic carboxylic acids is 1. The SMILES string of the molecule is COc1cc(Br)c(C=NN=C2NC(=O)C(CC(=O)O)S2)cc1I. The molecule has 1 fully saturated rings. The third-order valence-electron chi connectivity index (χ3n) is 2.75. The van der Waals surface area contributed by atoms with Gasteiger partial charge in [-0.15, -0.1) is 5.10 Å². The van der Waals surface area contributed by atoms with Crippen LogP contribution < -0.4 is 10.1 Å². The second-order valence-electron chi connectivity index (χ2n) is 4.35. The van der Waals surface area contributed by atoms with E-state index in [9.17, 15) is 9.59 Å². The molecule has 1 amide bonds. The predicted molar refractivity (Wildman–Crippen MR) is 100 cm³/mol. The number of nitrogens with zero attached hydrogens (tertiary/aromatic N) is 2. The summed E-state index contributed by atoms with van der Waals surface area (Å²) in [6.45, 7) is 0. The number of carboxylic acid groups (broad SMARTS) is 1. The molecule has 2 rings (SSSR count). The molecule has 10 heteroatoms. The number of ether oxygens (including phenoxy) is 1. The normalized spacial score (nSPS) is 19.3.